The normalized spacial score (nSPS) is 18.8. The summed E-state index contributed by atoms with van der Waals surface area (Å²) in [6.07, 6.45) is 4.38. The van der Waals surface area contributed by atoms with Crippen molar-refractivity contribution in [3.05, 3.63) is 77.9 Å². The highest BCUT2D eigenvalue weighted by atomic mass is 35.5. The molecule has 2 aromatic rings. The van der Waals surface area contributed by atoms with E-state index in [4.69, 9.17) is 0 Å². The molecule has 0 bridgehead atoms. The first kappa shape index (κ1) is 35.4. The first-order valence-corrected chi connectivity index (χ1v) is 11.5. The average molecular weight is 483 g/mol. The van der Waals surface area contributed by atoms with Gasteiger partial charge in [-0.25, -0.2) is 0 Å². The molecule has 1 aliphatic heterocycles. The minimum Gasteiger partial charge on any atom is -0.412 e. The van der Waals surface area contributed by atoms with Gasteiger partial charge < -0.3 is 16.9 Å². The number of rotatable bonds is 4. The minimum absolute atomic E-state index is 0. The summed E-state index contributed by atoms with van der Waals surface area (Å²) >= 11 is 0. The molecule has 1 saturated heterocycles. The summed E-state index contributed by atoms with van der Waals surface area (Å²) in [4.78, 5) is 12.3. The van der Waals surface area contributed by atoms with E-state index in [1.165, 1.54) is 11.1 Å². The van der Waals surface area contributed by atoms with Crippen molar-refractivity contribution >= 4 is 24.4 Å². The molecule has 33 heavy (non-hydrogen) atoms. The van der Waals surface area contributed by atoms with Crippen LogP contribution in [-0.4, -0.2) is 17.9 Å². The van der Waals surface area contributed by atoms with Gasteiger partial charge in [0.1, 0.15) is 0 Å². The minimum atomic E-state index is -0.0276. The molecule has 4 nitrogen and oxygen atoms in total. The van der Waals surface area contributed by atoms with Crippen LogP contribution in [0.25, 0.3) is 6.08 Å². The quantitative estimate of drug-likeness (QED) is 0.468. The fourth-order valence-corrected chi connectivity index (χ4v) is 4.10. The first-order valence-electron chi connectivity index (χ1n) is 11.5. The standard InChI is InChI=1S/C22H25NO.C4H10.C2H6.ClH.H3N.H2O.2H2/c1-3-17-10-12-19(13-11-17)22(4-2)14-15-23-21(24)16-20(22)18-8-6-5-7-9-18;1-4(2)3;1-2;;;;;/h3,5-13,20H,1,4,14-16H2,2H3,(H,23,24);4H,1-3H3;1-2H3;1H;1H3;1H2;2*1H/t20-,22+;;;;;;;/m0......./s1. The molecule has 0 unspecified atom stereocenters. The molecule has 2 atom stereocenters. The molecule has 0 spiro atoms. The second-order valence-electron chi connectivity index (χ2n) is 8.34. The molecule has 0 radical (unpaired) electrons. The van der Waals surface area contributed by atoms with Crippen LogP contribution in [-0.2, 0) is 10.2 Å². The van der Waals surface area contributed by atoms with Crippen molar-refractivity contribution in [1.82, 2.24) is 11.5 Å². The molecule has 192 valence electrons. The molecule has 1 amide bonds. The maximum Gasteiger partial charge on any atom is 0.220 e. The molecule has 3 rings (SSSR count). The van der Waals surface area contributed by atoms with Crippen LogP contribution in [0.5, 0.6) is 0 Å². The van der Waals surface area contributed by atoms with Crippen molar-refractivity contribution in [2.75, 3.05) is 6.54 Å². The van der Waals surface area contributed by atoms with Crippen LogP contribution in [0.15, 0.2) is 61.2 Å². The predicted molar refractivity (Wildman–Crippen MR) is 152 cm³/mol. The lowest BCUT2D eigenvalue weighted by molar-refractivity contribution is -0.121. The maximum absolute atomic E-state index is 12.3. The highest BCUT2D eigenvalue weighted by Crippen LogP contribution is 2.47. The summed E-state index contributed by atoms with van der Waals surface area (Å²) in [5.41, 5.74) is 3.68. The van der Waals surface area contributed by atoms with Crippen LogP contribution in [0.1, 0.15) is 86.3 Å². The lowest BCUT2D eigenvalue weighted by atomic mass is 9.63. The average Bonchev–Trinajstić information content (AvgIpc) is 2.94. The van der Waals surface area contributed by atoms with Gasteiger partial charge in [-0.2, -0.15) is 0 Å². The van der Waals surface area contributed by atoms with Crippen LogP contribution >= 0.6 is 12.4 Å². The van der Waals surface area contributed by atoms with E-state index in [-0.39, 0.29) is 44.1 Å². The number of halogens is 1. The molecule has 6 N–H and O–H groups in total. The van der Waals surface area contributed by atoms with Crippen molar-refractivity contribution in [2.24, 2.45) is 5.92 Å². The highest BCUT2D eigenvalue weighted by molar-refractivity contribution is 5.85. The maximum atomic E-state index is 12.3. The molecule has 0 aliphatic carbocycles. The fourth-order valence-electron chi connectivity index (χ4n) is 4.10. The summed E-state index contributed by atoms with van der Waals surface area (Å²) in [6, 6.07) is 19.2. The van der Waals surface area contributed by atoms with Gasteiger partial charge in [-0.15, -0.1) is 12.4 Å². The van der Waals surface area contributed by atoms with Crippen molar-refractivity contribution < 1.29 is 13.1 Å². The Morgan fingerprint density at radius 3 is 2.06 bits per heavy atom. The SMILES string of the molecule is C=Cc1ccc([C@@]2(CC)CCNC(=O)C[C@H]2c2ccccc2)cc1.CC.CC(C)C.Cl.N.O.[HH].[HH]. The number of carbonyl (C=O) groups is 1. The zero-order valence-electron chi connectivity index (χ0n) is 21.5. The lowest BCUT2D eigenvalue weighted by Crippen LogP contribution is -2.33. The van der Waals surface area contributed by atoms with Crippen LogP contribution < -0.4 is 11.5 Å². The van der Waals surface area contributed by atoms with E-state index in [1.807, 2.05) is 26.0 Å². The topological polar surface area (TPSA) is 95.6 Å². The van der Waals surface area contributed by atoms with Crippen LogP contribution in [0.4, 0.5) is 0 Å². The Labute approximate surface area is 211 Å². The second-order valence-corrected chi connectivity index (χ2v) is 8.34. The molecule has 2 aromatic carbocycles. The van der Waals surface area contributed by atoms with Crippen molar-refractivity contribution in [2.45, 2.75) is 72.1 Å². The van der Waals surface area contributed by atoms with Gasteiger partial charge in [0.25, 0.3) is 0 Å². The molecule has 5 heteroatoms. The Morgan fingerprint density at radius 2 is 1.61 bits per heavy atom. The van der Waals surface area contributed by atoms with E-state index in [1.54, 1.807) is 0 Å². The number of hydrogen-bond acceptors (Lipinski definition) is 2. The van der Waals surface area contributed by atoms with Gasteiger partial charge >= 0.3 is 0 Å². The van der Waals surface area contributed by atoms with Crippen molar-refractivity contribution in [3.63, 3.8) is 0 Å². The smallest absolute Gasteiger partial charge is 0.220 e. The second kappa shape index (κ2) is 18.3. The van der Waals surface area contributed by atoms with E-state index >= 15 is 0 Å². The van der Waals surface area contributed by atoms with Gasteiger partial charge in [0.05, 0.1) is 0 Å². The van der Waals surface area contributed by atoms with Gasteiger partial charge in [0.2, 0.25) is 5.91 Å². The third-order valence-electron chi connectivity index (χ3n) is 5.50. The van der Waals surface area contributed by atoms with E-state index in [0.717, 1.165) is 30.9 Å². The first-order chi connectivity index (χ1) is 14.4. The predicted octanol–water partition coefficient (Wildman–Crippen LogP) is 7.61. The Balaban J connectivity index is -0.000000249. The van der Waals surface area contributed by atoms with Gasteiger partial charge in [0, 0.05) is 27.2 Å². The number of nitrogens with one attached hydrogen (secondary N) is 1. The lowest BCUT2D eigenvalue weighted by Gasteiger charge is -2.40. The van der Waals surface area contributed by atoms with E-state index in [2.05, 4.69) is 88.1 Å². The molecule has 0 saturated carbocycles. The molecule has 1 aliphatic rings. The van der Waals surface area contributed by atoms with Gasteiger partial charge in [-0.3, -0.25) is 4.79 Å². The van der Waals surface area contributed by atoms with Crippen molar-refractivity contribution in [1.29, 1.82) is 0 Å². The third-order valence-corrected chi connectivity index (χ3v) is 5.50. The van der Waals surface area contributed by atoms with Gasteiger partial charge in [-0.05, 0) is 35.4 Å². The van der Waals surface area contributed by atoms with Gasteiger partial charge in [-0.1, -0.05) is 109 Å². The third kappa shape index (κ3) is 10.1. The Kier molecular flexibility index (Phi) is 19.7. The van der Waals surface area contributed by atoms with Crippen LogP contribution in [0.3, 0.4) is 0 Å². The summed E-state index contributed by atoms with van der Waals surface area (Å²) < 4.78 is 0. The Morgan fingerprint density at radius 1 is 1.09 bits per heavy atom. The molecular weight excluding hydrogens is 432 g/mol. The number of hydrogen-bond donors (Lipinski definition) is 2. The zero-order valence-corrected chi connectivity index (χ0v) is 22.3. The fraction of sp³-hybridized carbons (Fsp3) is 0.464. The van der Waals surface area contributed by atoms with E-state index in [9.17, 15) is 4.79 Å². The van der Waals surface area contributed by atoms with Gasteiger partial charge in [0.15, 0.2) is 0 Å². The molecule has 0 aromatic heterocycles. The Hall–Kier alpha value is -2.14. The van der Waals surface area contributed by atoms with E-state index < -0.39 is 0 Å². The Bertz CT molecular complexity index is 772. The van der Waals surface area contributed by atoms with Crippen LogP contribution in [0.2, 0.25) is 0 Å². The summed E-state index contributed by atoms with van der Waals surface area (Å²) in [5.74, 6) is 1.18. The summed E-state index contributed by atoms with van der Waals surface area (Å²) in [7, 11) is 0. The van der Waals surface area contributed by atoms with E-state index in [0.29, 0.717) is 6.42 Å². The van der Waals surface area contributed by atoms with Crippen LogP contribution in [0, 0.1) is 5.92 Å². The van der Waals surface area contributed by atoms with Crippen molar-refractivity contribution in [3.8, 4) is 0 Å². The highest BCUT2D eigenvalue weighted by Gasteiger charge is 2.42. The monoisotopic (exact) mass is 482 g/mol. The zero-order chi connectivity index (χ0) is 22.6. The largest absolute Gasteiger partial charge is 0.412 e. The summed E-state index contributed by atoms with van der Waals surface area (Å²) in [5, 5.41) is 3.07. The number of amides is 1. The summed E-state index contributed by atoms with van der Waals surface area (Å²) in [6.45, 7) is 17.3. The number of benzene rings is 2. The molecule has 1 fully saturated rings. The number of carbonyl (C=O) groups excluding carboxylic acids is 1. The molecule has 1 heterocycles. The molecular formula is C28H51ClN2O2.